The zero-order chi connectivity index (χ0) is 27.6. The first-order valence-corrected chi connectivity index (χ1v) is 13.5. The average molecular weight is 522 g/mol. The molecule has 0 aliphatic heterocycles. The molecule has 5 atom stereocenters. The fourth-order valence-electron chi connectivity index (χ4n) is 4.75. The topological polar surface area (TPSA) is 143 Å². The third kappa shape index (κ3) is 10.9. The second kappa shape index (κ2) is 14.5. The number of alkyl carbamates (subject to hydrolysis) is 1. The second-order valence-corrected chi connectivity index (χ2v) is 11.5. The zero-order valence-electron chi connectivity index (χ0n) is 23.0. The van der Waals surface area contributed by atoms with E-state index in [-0.39, 0.29) is 24.3 Å². The second-order valence-electron chi connectivity index (χ2n) is 11.5. The van der Waals surface area contributed by atoms with Crippen molar-refractivity contribution in [1.82, 2.24) is 10.6 Å². The molecule has 0 bridgehead atoms. The molecule has 1 aromatic carbocycles. The van der Waals surface area contributed by atoms with Crippen molar-refractivity contribution in [2.45, 2.75) is 109 Å². The van der Waals surface area contributed by atoms with Crippen LogP contribution in [0.5, 0.6) is 5.75 Å². The zero-order valence-corrected chi connectivity index (χ0v) is 23.0. The van der Waals surface area contributed by atoms with Crippen molar-refractivity contribution in [3.05, 3.63) is 30.3 Å². The first-order valence-electron chi connectivity index (χ1n) is 13.5. The maximum absolute atomic E-state index is 13.1. The predicted molar refractivity (Wildman–Crippen MR) is 143 cm³/mol. The Hall–Kier alpha value is -2.36. The largest absolute Gasteiger partial charge is 0.491 e. The van der Waals surface area contributed by atoms with Crippen molar-refractivity contribution >= 4 is 12.0 Å². The minimum atomic E-state index is -1.44. The molecule has 9 heteroatoms. The highest BCUT2D eigenvalue weighted by molar-refractivity contribution is 5.82. The van der Waals surface area contributed by atoms with Gasteiger partial charge in [0, 0.05) is 0 Å². The number of nitrogens with one attached hydrogen (secondary N) is 2. The molecule has 2 rings (SSSR count). The molecule has 210 valence electrons. The number of para-hydroxylation sites is 1. The van der Waals surface area contributed by atoms with Crippen LogP contribution in [0.1, 0.15) is 73.1 Å². The number of ether oxygens (including phenoxy) is 2. The van der Waals surface area contributed by atoms with Crippen molar-refractivity contribution < 1.29 is 29.3 Å². The Morgan fingerprint density at radius 3 is 2.24 bits per heavy atom. The van der Waals surface area contributed by atoms with E-state index in [0.717, 1.165) is 32.1 Å². The molecule has 0 aromatic heterocycles. The Kier molecular flexibility index (Phi) is 12.1. The number of rotatable bonds is 12. The lowest BCUT2D eigenvalue weighted by atomic mass is 9.79. The Labute approximate surface area is 221 Å². The van der Waals surface area contributed by atoms with E-state index in [2.05, 4.69) is 10.6 Å². The molecule has 1 fully saturated rings. The average Bonchev–Trinajstić information content (AvgIpc) is 2.83. The van der Waals surface area contributed by atoms with E-state index in [4.69, 9.17) is 15.2 Å². The summed E-state index contributed by atoms with van der Waals surface area (Å²) in [5.74, 6) is 0.414. The molecule has 0 saturated heterocycles. The molecule has 6 N–H and O–H groups in total. The first kappa shape index (κ1) is 30.9. The first-order chi connectivity index (χ1) is 17.4. The van der Waals surface area contributed by atoms with Crippen molar-refractivity contribution in [3.63, 3.8) is 0 Å². The number of amides is 2. The Bertz CT molecular complexity index is 823. The van der Waals surface area contributed by atoms with Gasteiger partial charge in [0.1, 0.15) is 30.2 Å². The van der Waals surface area contributed by atoms with E-state index in [0.29, 0.717) is 12.2 Å². The van der Waals surface area contributed by atoms with Gasteiger partial charge in [-0.05, 0) is 64.0 Å². The summed E-state index contributed by atoms with van der Waals surface area (Å²) in [6.45, 7) is 9.01. The van der Waals surface area contributed by atoms with E-state index in [1.54, 1.807) is 45.0 Å². The Balaban J connectivity index is 2.30. The van der Waals surface area contributed by atoms with Gasteiger partial charge in [0.25, 0.3) is 0 Å². The van der Waals surface area contributed by atoms with Gasteiger partial charge in [-0.15, -0.1) is 0 Å². The smallest absolute Gasteiger partial charge is 0.408 e. The van der Waals surface area contributed by atoms with Gasteiger partial charge in [0.05, 0.1) is 18.1 Å². The molecule has 37 heavy (non-hydrogen) atoms. The fourth-order valence-corrected chi connectivity index (χ4v) is 4.75. The summed E-state index contributed by atoms with van der Waals surface area (Å²) >= 11 is 0. The molecule has 1 aromatic rings. The normalized spacial score (nSPS) is 18.8. The summed E-state index contributed by atoms with van der Waals surface area (Å²) in [6.07, 6.45) is 1.66. The van der Waals surface area contributed by atoms with E-state index in [1.807, 2.05) is 19.9 Å². The third-order valence-electron chi connectivity index (χ3n) is 6.53. The number of carbonyl (C=O) groups excluding carboxylic acids is 2. The SMILES string of the molecule is CC(C)C[C@H](N)C(=O)NC(C1CCCCC1)C(NC(=O)OC(C)(C)C)C(O)C(O)COc1ccccc1. The molecule has 2 amide bonds. The molecule has 9 nitrogen and oxygen atoms in total. The molecule has 4 unspecified atom stereocenters. The fraction of sp³-hybridized carbons (Fsp3) is 0.714. The monoisotopic (exact) mass is 521 g/mol. The number of nitrogens with two attached hydrogens (primary N) is 1. The number of hydrogen-bond donors (Lipinski definition) is 5. The van der Waals surface area contributed by atoms with E-state index >= 15 is 0 Å². The van der Waals surface area contributed by atoms with Crippen molar-refractivity contribution in [3.8, 4) is 5.75 Å². The van der Waals surface area contributed by atoms with Crippen LogP contribution in [0.25, 0.3) is 0 Å². The summed E-state index contributed by atoms with van der Waals surface area (Å²) < 4.78 is 11.1. The molecule has 0 radical (unpaired) electrons. The van der Waals surface area contributed by atoms with Crippen LogP contribution < -0.4 is 21.1 Å². The predicted octanol–water partition coefficient (Wildman–Crippen LogP) is 3.12. The molecule has 0 heterocycles. The maximum Gasteiger partial charge on any atom is 0.408 e. The lowest BCUT2D eigenvalue weighted by Crippen LogP contribution is -2.64. The minimum absolute atomic E-state index is 0.0132. The summed E-state index contributed by atoms with van der Waals surface area (Å²) in [5, 5.41) is 28.0. The van der Waals surface area contributed by atoms with Crippen LogP contribution in [0.3, 0.4) is 0 Å². The number of carbonyl (C=O) groups is 2. The number of aliphatic hydroxyl groups excluding tert-OH is 2. The van der Waals surface area contributed by atoms with Gasteiger partial charge in [0.15, 0.2) is 0 Å². The highest BCUT2D eigenvalue weighted by atomic mass is 16.6. The minimum Gasteiger partial charge on any atom is -0.491 e. The standard InChI is InChI=1S/C28H47N3O6/c1-18(2)16-21(29)26(34)30-23(19-12-8-6-9-13-19)24(31-27(35)37-28(3,4)5)25(33)22(32)17-36-20-14-10-7-11-15-20/h7,10-11,14-15,18-19,21-25,32-33H,6,8-9,12-13,16-17,29H2,1-5H3,(H,30,34)(H,31,35)/t21-,22?,23?,24?,25?/m0/s1. The number of aliphatic hydroxyl groups is 2. The lowest BCUT2D eigenvalue weighted by molar-refractivity contribution is -0.125. The van der Waals surface area contributed by atoms with Gasteiger partial charge >= 0.3 is 6.09 Å². The van der Waals surface area contributed by atoms with Gasteiger partial charge < -0.3 is 36.1 Å². The quantitative estimate of drug-likeness (QED) is 0.284. The van der Waals surface area contributed by atoms with Gasteiger partial charge in [-0.25, -0.2) is 4.79 Å². The molecule has 1 aliphatic rings. The van der Waals surface area contributed by atoms with Crippen LogP contribution in [0.15, 0.2) is 30.3 Å². The van der Waals surface area contributed by atoms with Gasteiger partial charge in [-0.2, -0.15) is 0 Å². The van der Waals surface area contributed by atoms with E-state index in [1.165, 1.54) is 0 Å². The summed E-state index contributed by atoms with van der Waals surface area (Å²) in [6, 6.07) is 6.55. The molecular weight excluding hydrogens is 474 g/mol. The van der Waals surface area contributed by atoms with Crippen molar-refractivity contribution in [2.24, 2.45) is 17.6 Å². The highest BCUT2D eigenvalue weighted by Gasteiger charge is 2.41. The third-order valence-corrected chi connectivity index (χ3v) is 6.53. The number of benzene rings is 1. The van der Waals surface area contributed by atoms with Crippen molar-refractivity contribution in [2.75, 3.05) is 6.61 Å². The van der Waals surface area contributed by atoms with Gasteiger partial charge in [-0.3, -0.25) is 4.79 Å². The number of hydrogen-bond acceptors (Lipinski definition) is 7. The Morgan fingerprint density at radius 2 is 1.68 bits per heavy atom. The molecule has 1 aliphatic carbocycles. The van der Waals surface area contributed by atoms with Crippen LogP contribution in [0.2, 0.25) is 0 Å². The Morgan fingerprint density at radius 1 is 1.05 bits per heavy atom. The maximum atomic E-state index is 13.1. The highest BCUT2D eigenvalue weighted by Crippen LogP contribution is 2.29. The lowest BCUT2D eigenvalue weighted by Gasteiger charge is -2.40. The van der Waals surface area contributed by atoms with Crippen LogP contribution >= 0.6 is 0 Å². The van der Waals surface area contributed by atoms with Gasteiger partial charge in [0.2, 0.25) is 5.91 Å². The van der Waals surface area contributed by atoms with Gasteiger partial charge in [-0.1, -0.05) is 51.3 Å². The van der Waals surface area contributed by atoms with Crippen molar-refractivity contribution in [1.29, 1.82) is 0 Å². The summed E-state index contributed by atoms with van der Waals surface area (Å²) in [7, 11) is 0. The molecule has 0 spiro atoms. The van der Waals surface area contributed by atoms with Crippen LogP contribution in [0.4, 0.5) is 4.79 Å². The van der Waals surface area contributed by atoms with E-state index < -0.39 is 42.0 Å². The van der Waals surface area contributed by atoms with Crippen LogP contribution in [0, 0.1) is 11.8 Å². The van der Waals surface area contributed by atoms with Crippen LogP contribution in [-0.4, -0.2) is 64.8 Å². The molecule has 1 saturated carbocycles. The summed E-state index contributed by atoms with van der Waals surface area (Å²) in [5.41, 5.74) is 5.41. The molecular formula is C28H47N3O6. The summed E-state index contributed by atoms with van der Waals surface area (Å²) in [4.78, 5) is 25.9. The van der Waals surface area contributed by atoms with Crippen LogP contribution in [-0.2, 0) is 9.53 Å². The van der Waals surface area contributed by atoms with E-state index in [9.17, 15) is 19.8 Å².